The molecule has 2 heterocycles. The molecule has 0 bridgehead atoms. The predicted octanol–water partition coefficient (Wildman–Crippen LogP) is 2.25. The third-order valence-electron chi connectivity index (χ3n) is 3.11. The topological polar surface area (TPSA) is 72.6 Å². The molecule has 1 fully saturated rings. The van der Waals surface area contributed by atoms with Crippen LogP contribution in [0.15, 0.2) is 22.6 Å². The van der Waals surface area contributed by atoms with Gasteiger partial charge in [0, 0.05) is 6.61 Å². The number of carboxylic acids is 1. The number of nitrogens with zero attached hydrogens (tertiary/aromatic N) is 1. The molecular weight excluding hydrogens is 234 g/mol. The second-order valence-corrected chi connectivity index (χ2v) is 4.43. The van der Waals surface area contributed by atoms with Crippen LogP contribution in [0, 0.1) is 0 Å². The fourth-order valence-corrected chi connectivity index (χ4v) is 2.19. The van der Waals surface area contributed by atoms with E-state index in [1.54, 1.807) is 6.07 Å². The normalized spacial score (nSPS) is 19.4. The standard InChI is InChI=1S/C13H13NO4/c15-13(16)8-3-4-10-11(6-8)18-12(14-10)7-9-2-1-5-17-9/h3-4,6,9H,1-2,5,7H2,(H,15,16). The van der Waals surface area contributed by atoms with Crippen LogP contribution >= 0.6 is 0 Å². The third kappa shape index (κ3) is 2.09. The highest BCUT2D eigenvalue weighted by atomic mass is 16.5. The first-order valence-corrected chi connectivity index (χ1v) is 5.97. The SMILES string of the molecule is O=C(O)c1ccc2nc(CC3CCCO3)oc2c1. The first-order chi connectivity index (χ1) is 8.72. The average molecular weight is 247 g/mol. The Bertz CT molecular complexity index is 584. The molecule has 3 rings (SSSR count). The van der Waals surface area contributed by atoms with Gasteiger partial charge in [0.25, 0.3) is 0 Å². The molecule has 5 heteroatoms. The first-order valence-electron chi connectivity index (χ1n) is 5.97. The number of oxazole rings is 1. The number of hydrogen-bond acceptors (Lipinski definition) is 4. The maximum atomic E-state index is 10.8. The molecule has 1 aromatic heterocycles. The molecular formula is C13H13NO4. The molecule has 1 N–H and O–H groups in total. The molecule has 18 heavy (non-hydrogen) atoms. The fraction of sp³-hybridized carbons (Fsp3) is 0.385. The molecule has 0 aliphatic carbocycles. The number of aromatic carboxylic acids is 1. The van der Waals surface area contributed by atoms with Crippen LogP contribution in [-0.2, 0) is 11.2 Å². The van der Waals surface area contributed by atoms with Gasteiger partial charge in [0.2, 0.25) is 0 Å². The van der Waals surface area contributed by atoms with Crippen molar-refractivity contribution in [2.45, 2.75) is 25.4 Å². The molecule has 1 saturated heterocycles. The average Bonchev–Trinajstić information content (AvgIpc) is 2.96. The van der Waals surface area contributed by atoms with E-state index in [0.717, 1.165) is 19.4 Å². The van der Waals surface area contributed by atoms with Crippen LogP contribution in [0.25, 0.3) is 11.1 Å². The van der Waals surface area contributed by atoms with Gasteiger partial charge in [-0.25, -0.2) is 9.78 Å². The van der Waals surface area contributed by atoms with Crippen molar-refractivity contribution in [3.8, 4) is 0 Å². The quantitative estimate of drug-likeness (QED) is 0.900. The Morgan fingerprint density at radius 2 is 2.39 bits per heavy atom. The van der Waals surface area contributed by atoms with Crippen LogP contribution in [0.3, 0.4) is 0 Å². The maximum Gasteiger partial charge on any atom is 0.335 e. The van der Waals surface area contributed by atoms with Gasteiger partial charge in [-0.05, 0) is 31.0 Å². The predicted molar refractivity (Wildman–Crippen MR) is 63.6 cm³/mol. The van der Waals surface area contributed by atoms with Gasteiger partial charge in [0.1, 0.15) is 5.52 Å². The summed E-state index contributed by atoms with van der Waals surface area (Å²) in [6, 6.07) is 4.70. The van der Waals surface area contributed by atoms with E-state index in [1.165, 1.54) is 12.1 Å². The van der Waals surface area contributed by atoms with Crippen LogP contribution in [0.2, 0.25) is 0 Å². The van der Waals surface area contributed by atoms with E-state index in [2.05, 4.69) is 4.98 Å². The summed E-state index contributed by atoms with van der Waals surface area (Å²) in [5, 5.41) is 8.90. The van der Waals surface area contributed by atoms with Gasteiger partial charge in [-0.1, -0.05) is 0 Å². The van der Waals surface area contributed by atoms with E-state index < -0.39 is 5.97 Å². The van der Waals surface area contributed by atoms with Crippen molar-refractivity contribution < 1.29 is 19.1 Å². The van der Waals surface area contributed by atoms with E-state index in [1.807, 2.05) is 0 Å². The van der Waals surface area contributed by atoms with Crippen molar-refractivity contribution in [3.05, 3.63) is 29.7 Å². The minimum absolute atomic E-state index is 0.178. The lowest BCUT2D eigenvalue weighted by molar-refractivity contribution is 0.0697. The molecule has 2 aromatic rings. The summed E-state index contributed by atoms with van der Waals surface area (Å²) < 4.78 is 11.1. The van der Waals surface area contributed by atoms with E-state index in [9.17, 15) is 4.79 Å². The molecule has 0 saturated carbocycles. The van der Waals surface area contributed by atoms with E-state index >= 15 is 0 Å². The van der Waals surface area contributed by atoms with Gasteiger partial charge in [-0.3, -0.25) is 0 Å². The zero-order chi connectivity index (χ0) is 12.5. The smallest absolute Gasteiger partial charge is 0.335 e. The minimum atomic E-state index is -0.964. The van der Waals surface area contributed by atoms with Crippen molar-refractivity contribution in [2.24, 2.45) is 0 Å². The van der Waals surface area contributed by atoms with Crippen molar-refractivity contribution >= 4 is 17.1 Å². The summed E-state index contributed by atoms with van der Waals surface area (Å²) >= 11 is 0. The Kier molecular flexibility index (Phi) is 2.76. The molecule has 5 nitrogen and oxygen atoms in total. The van der Waals surface area contributed by atoms with Gasteiger partial charge in [0.05, 0.1) is 18.1 Å². The van der Waals surface area contributed by atoms with Crippen LogP contribution in [0.5, 0.6) is 0 Å². The Balaban J connectivity index is 1.87. The van der Waals surface area contributed by atoms with Crippen LogP contribution in [0.4, 0.5) is 0 Å². The van der Waals surface area contributed by atoms with Gasteiger partial charge < -0.3 is 14.3 Å². The lowest BCUT2D eigenvalue weighted by atomic mass is 10.2. The molecule has 1 aliphatic heterocycles. The monoisotopic (exact) mass is 247 g/mol. The zero-order valence-electron chi connectivity index (χ0n) is 9.76. The molecule has 1 atom stereocenters. The summed E-state index contributed by atoms with van der Waals surface area (Å²) in [5.74, 6) is -0.353. The second-order valence-electron chi connectivity index (χ2n) is 4.43. The summed E-state index contributed by atoms with van der Waals surface area (Å²) in [6.07, 6.45) is 2.93. The van der Waals surface area contributed by atoms with Crippen LogP contribution in [-0.4, -0.2) is 28.8 Å². The number of rotatable bonds is 3. The molecule has 0 radical (unpaired) electrons. The number of fused-ring (bicyclic) bond motifs is 1. The first kappa shape index (κ1) is 11.2. The van der Waals surface area contributed by atoms with Crippen molar-refractivity contribution in [1.29, 1.82) is 0 Å². The van der Waals surface area contributed by atoms with Crippen molar-refractivity contribution in [3.63, 3.8) is 0 Å². The number of carboxylic acid groups (broad SMARTS) is 1. The van der Waals surface area contributed by atoms with Gasteiger partial charge in [-0.2, -0.15) is 0 Å². The Morgan fingerprint density at radius 1 is 1.50 bits per heavy atom. The van der Waals surface area contributed by atoms with Gasteiger partial charge in [-0.15, -0.1) is 0 Å². The number of carbonyl (C=O) groups is 1. The highest BCUT2D eigenvalue weighted by Crippen LogP contribution is 2.21. The van der Waals surface area contributed by atoms with Crippen molar-refractivity contribution in [2.75, 3.05) is 6.61 Å². The largest absolute Gasteiger partial charge is 0.478 e. The highest BCUT2D eigenvalue weighted by Gasteiger charge is 2.19. The van der Waals surface area contributed by atoms with Crippen LogP contribution in [0.1, 0.15) is 29.1 Å². The fourth-order valence-electron chi connectivity index (χ4n) is 2.19. The lowest BCUT2D eigenvalue weighted by Crippen LogP contribution is -2.08. The number of benzene rings is 1. The van der Waals surface area contributed by atoms with E-state index in [4.69, 9.17) is 14.3 Å². The number of hydrogen-bond donors (Lipinski definition) is 1. The van der Waals surface area contributed by atoms with Gasteiger partial charge >= 0.3 is 5.97 Å². The molecule has 1 aliphatic rings. The van der Waals surface area contributed by atoms with Gasteiger partial charge in [0.15, 0.2) is 11.5 Å². The maximum absolute atomic E-state index is 10.8. The Labute approximate surface area is 103 Å². The molecule has 1 aromatic carbocycles. The molecule has 94 valence electrons. The second kappa shape index (κ2) is 4.42. The third-order valence-corrected chi connectivity index (χ3v) is 3.11. The van der Waals surface area contributed by atoms with E-state index in [0.29, 0.717) is 23.4 Å². The lowest BCUT2D eigenvalue weighted by Gasteiger charge is -2.04. The summed E-state index contributed by atoms with van der Waals surface area (Å²) in [4.78, 5) is 15.2. The van der Waals surface area contributed by atoms with Crippen LogP contribution < -0.4 is 0 Å². The Hall–Kier alpha value is -1.88. The van der Waals surface area contributed by atoms with E-state index in [-0.39, 0.29) is 11.7 Å². The summed E-state index contributed by atoms with van der Waals surface area (Å²) in [7, 11) is 0. The molecule has 0 amide bonds. The minimum Gasteiger partial charge on any atom is -0.478 e. The molecule has 1 unspecified atom stereocenters. The number of ether oxygens (including phenoxy) is 1. The molecule has 0 spiro atoms. The summed E-state index contributed by atoms with van der Waals surface area (Å²) in [6.45, 7) is 0.800. The Morgan fingerprint density at radius 3 is 3.11 bits per heavy atom. The summed E-state index contributed by atoms with van der Waals surface area (Å²) in [5.41, 5.74) is 1.42. The highest BCUT2D eigenvalue weighted by molar-refractivity contribution is 5.91. The number of aromatic nitrogens is 1. The zero-order valence-corrected chi connectivity index (χ0v) is 9.76. The van der Waals surface area contributed by atoms with Crippen molar-refractivity contribution in [1.82, 2.24) is 4.98 Å².